The number of halogens is 1. The van der Waals surface area contributed by atoms with Crippen molar-refractivity contribution in [1.29, 1.82) is 0 Å². The van der Waals surface area contributed by atoms with Gasteiger partial charge in [0.15, 0.2) is 0 Å². The first-order valence-electron chi connectivity index (χ1n) is 9.11. The second-order valence-electron chi connectivity index (χ2n) is 6.70. The predicted octanol–water partition coefficient (Wildman–Crippen LogP) is 6.08. The van der Waals surface area contributed by atoms with Gasteiger partial charge in [0.1, 0.15) is 16.9 Å². The SMILES string of the molecule is O=C(Oc1ccc2cc(-c3ccccc3)c(=O)oc2c1)c1cc2cc(Cl)ccc2o1. The van der Waals surface area contributed by atoms with Crippen LogP contribution in [-0.2, 0) is 0 Å². The van der Waals surface area contributed by atoms with Crippen LogP contribution in [0.2, 0.25) is 5.02 Å². The van der Waals surface area contributed by atoms with Crippen LogP contribution in [0, 0.1) is 0 Å². The van der Waals surface area contributed by atoms with Crippen molar-refractivity contribution in [2.24, 2.45) is 0 Å². The molecule has 0 saturated carbocycles. The van der Waals surface area contributed by atoms with Gasteiger partial charge in [-0.2, -0.15) is 0 Å². The Kier molecular flexibility index (Phi) is 4.38. The van der Waals surface area contributed by atoms with Crippen molar-refractivity contribution in [2.75, 3.05) is 0 Å². The Morgan fingerprint density at radius 3 is 2.47 bits per heavy atom. The van der Waals surface area contributed by atoms with Gasteiger partial charge in [0.25, 0.3) is 0 Å². The summed E-state index contributed by atoms with van der Waals surface area (Å²) >= 11 is 5.96. The summed E-state index contributed by atoms with van der Waals surface area (Å²) in [6.45, 7) is 0. The largest absolute Gasteiger partial charge is 0.449 e. The molecule has 5 rings (SSSR count). The van der Waals surface area contributed by atoms with Gasteiger partial charge in [0.2, 0.25) is 5.76 Å². The van der Waals surface area contributed by atoms with Crippen LogP contribution < -0.4 is 10.4 Å². The second kappa shape index (κ2) is 7.21. The Balaban J connectivity index is 1.46. The van der Waals surface area contributed by atoms with Crippen molar-refractivity contribution >= 4 is 39.5 Å². The van der Waals surface area contributed by atoms with E-state index in [2.05, 4.69) is 0 Å². The molecule has 0 saturated heterocycles. The number of rotatable bonds is 3. The summed E-state index contributed by atoms with van der Waals surface area (Å²) in [6.07, 6.45) is 0. The van der Waals surface area contributed by atoms with E-state index in [1.165, 1.54) is 6.07 Å². The molecule has 0 N–H and O–H groups in total. The molecule has 5 aromatic rings. The molecular weight excluding hydrogens is 404 g/mol. The van der Waals surface area contributed by atoms with Gasteiger partial charge < -0.3 is 13.6 Å². The fourth-order valence-electron chi connectivity index (χ4n) is 3.25. The fourth-order valence-corrected chi connectivity index (χ4v) is 3.43. The molecule has 0 aliphatic rings. The lowest BCUT2D eigenvalue weighted by molar-refractivity contribution is 0.0704. The first kappa shape index (κ1) is 18.2. The summed E-state index contributed by atoms with van der Waals surface area (Å²) in [7, 11) is 0. The van der Waals surface area contributed by atoms with E-state index in [9.17, 15) is 9.59 Å². The summed E-state index contributed by atoms with van der Waals surface area (Å²) in [5.41, 5.74) is 1.62. The van der Waals surface area contributed by atoms with Gasteiger partial charge in [-0.05, 0) is 48.0 Å². The summed E-state index contributed by atoms with van der Waals surface area (Å²) in [6, 6.07) is 22.5. The molecule has 6 heteroatoms. The smallest absolute Gasteiger partial charge is 0.379 e. The number of hydrogen-bond acceptors (Lipinski definition) is 5. The maximum absolute atomic E-state index is 12.5. The summed E-state index contributed by atoms with van der Waals surface area (Å²) < 4.78 is 16.4. The van der Waals surface area contributed by atoms with E-state index < -0.39 is 11.6 Å². The number of carbonyl (C=O) groups is 1. The maximum atomic E-state index is 12.5. The van der Waals surface area contributed by atoms with Crippen LogP contribution in [0.3, 0.4) is 0 Å². The number of furan rings is 1. The third-order valence-electron chi connectivity index (χ3n) is 4.68. The predicted molar refractivity (Wildman–Crippen MR) is 114 cm³/mol. The Hall–Kier alpha value is -3.83. The molecule has 0 unspecified atom stereocenters. The zero-order valence-corrected chi connectivity index (χ0v) is 16.2. The molecule has 0 atom stereocenters. The highest BCUT2D eigenvalue weighted by molar-refractivity contribution is 6.31. The van der Waals surface area contributed by atoms with E-state index >= 15 is 0 Å². The second-order valence-corrected chi connectivity index (χ2v) is 7.13. The van der Waals surface area contributed by atoms with Gasteiger partial charge in [0, 0.05) is 21.9 Å². The van der Waals surface area contributed by atoms with E-state index in [0.717, 1.165) is 5.56 Å². The molecule has 3 aromatic carbocycles. The zero-order valence-electron chi connectivity index (χ0n) is 15.4. The van der Waals surface area contributed by atoms with E-state index in [0.29, 0.717) is 32.5 Å². The van der Waals surface area contributed by atoms with Crippen LogP contribution >= 0.6 is 11.6 Å². The summed E-state index contributed by atoms with van der Waals surface area (Å²) in [5, 5.41) is 1.96. The van der Waals surface area contributed by atoms with Crippen molar-refractivity contribution < 1.29 is 18.4 Å². The average Bonchev–Trinajstić information content (AvgIpc) is 3.17. The minimum absolute atomic E-state index is 0.0493. The number of esters is 1. The molecule has 0 fully saturated rings. The fraction of sp³-hybridized carbons (Fsp3) is 0. The minimum Gasteiger partial charge on any atom is -0.449 e. The third-order valence-corrected chi connectivity index (χ3v) is 4.92. The van der Waals surface area contributed by atoms with Gasteiger partial charge in [-0.1, -0.05) is 41.9 Å². The van der Waals surface area contributed by atoms with E-state index in [1.807, 2.05) is 30.3 Å². The number of carbonyl (C=O) groups excluding carboxylic acids is 1. The summed E-state index contributed by atoms with van der Waals surface area (Å²) in [5.74, 6) is -0.375. The Morgan fingerprint density at radius 2 is 1.63 bits per heavy atom. The monoisotopic (exact) mass is 416 g/mol. The van der Waals surface area contributed by atoms with Crippen LogP contribution in [0.15, 0.2) is 92.5 Å². The van der Waals surface area contributed by atoms with Crippen LogP contribution in [0.25, 0.3) is 33.1 Å². The summed E-state index contributed by atoms with van der Waals surface area (Å²) in [4.78, 5) is 24.9. The molecule has 0 aliphatic carbocycles. The highest BCUT2D eigenvalue weighted by Gasteiger charge is 2.16. The topological polar surface area (TPSA) is 69.7 Å². The van der Waals surface area contributed by atoms with Crippen molar-refractivity contribution in [2.45, 2.75) is 0 Å². The number of benzene rings is 3. The Morgan fingerprint density at radius 1 is 0.800 bits per heavy atom. The van der Waals surface area contributed by atoms with E-state index in [-0.39, 0.29) is 11.5 Å². The van der Waals surface area contributed by atoms with Crippen molar-refractivity contribution in [3.8, 4) is 16.9 Å². The maximum Gasteiger partial charge on any atom is 0.379 e. The van der Waals surface area contributed by atoms with Gasteiger partial charge in [-0.15, -0.1) is 0 Å². The molecule has 0 spiro atoms. The molecule has 2 aromatic heterocycles. The lowest BCUT2D eigenvalue weighted by Crippen LogP contribution is -2.07. The molecule has 0 radical (unpaired) electrons. The average molecular weight is 417 g/mol. The molecule has 5 nitrogen and oxygen atoms in total. The van der Waals surface area contributed by atoms with Crippen molar-refractivity contribution in [3.63, 3.8) is 0 Å². The molecular formula is C24H13ClO5. The number of ether oxygens (including phenoxy) is 1. The van der Waals surface area contributed by atoms with Crippen LogP contribution in [-0.4, -0.2) is 5.97 Å². The molecule has 0 bridgehead atoms. The van der Waals surface area contributed by atoms with Gasteiger partial charge >= 0.3 is 11.6 Å². The Labute approximate surface area is 175 Å². The van der Waals surface area contributed by atoms with Crippen LogP contribution in [0.1, 0.15) is 10.6 Å². The molecule has 2 heterocycles. The van der Waals surface area contributed by atoms with Crippen molar-refractivity contribution in [3.05, 3.63) is 100 Å². The van der Waals surface area contributed by atoms with E-state index in [4.69, 9.17) is 25.2 Å². The number of fused-ring (bicyclic) bond motifs is 2. The highest BCUT2D eigenvalue weighted by Crippen LogP contribution is 2.27. The third kappa shape index (κ3) is 3.36. The standard InChI is InChI=1S/C24H13ClO5/c25-17-7-9-20-16(10-17)12-22(29-20)24(27)28-18-8-6-15-11-19(14-4-2-1-3-5-14)23(26)30-21(15)13-18/h1-13H. The Bertz CT molecular complexity index is 1460. The van der Waals surface area contributed by atoms with Gasteiger partial charge in [0.05, 0.1) is 5.56 Å². The molecule has 30 heavy (non-hydrogen) atoms. The van der Waals surface area contributed by atoms with Gasteiger partial charge in [-0.25, -0.2) is 9.59 Å². The van der Waals surface area contributed by atoms with E-state index in [1.54, 1.807) is 42.5 Å². The lowest BCUT2D eigenvalue weighted by Gasteiger charge is -2.05. The van der Waals surface area contributed by atoms with Gasteiger partial charge in [-0.3, -0.25) is 0 Å². The lowest BCUT2D eigenvalue weighted by atomic mass is 10.1. The number of hydrogen-bond donors (Lipinski definition) is 0. The zero-order chi connectivity index (χ0) is 20.7. The molecule has 146 valence electrons. The highest BCUT2D eigenvalue weighted by atomic mass is 35.5. The van der Waals surface area contributed by atoms with Crippen LogP contribution in [0.4, 0.5) is 0 Å². The minimum atomic E-state index is -0.662. The normalized spacial score (nSPS) is 11.1. The quantitative estimate of drug-likeness (QED) is 0.202. The first-order chi connectivity index (χ1) is 14.6. The molecule has 0 aliphatic heterocycles. The first-order valence-corrected chi connectivity index (χ1v) is 9.49. The molecule has 0 amide bonds. The van der Waals surface area contributed by atoms with Crippen molar-refractivity contribution in [1.82, 2.24) is 0 Å². The van der Waals surface area contributed by atoms with Crippen LogP contribution in [0.5, 0.6) is 5.75 Å².